The first-order chi connectivity index (χ1) is 9.33. The summed E-state index contributed by atoms with van der Waals surface area (Å²) in [6, 6.07) is 14.3. The molecule has 0 spiro atoms. The minimum Gasteiger partial charge on any atom is -0.456 e. The van der Waals surface area contributed by atoms with Gasteiger partial charge in [-0.2, -0.15) is 0 Å². The van der Waals surface area contributed by atoms with Crippen LogP contribution in [0, 0.1) is 11.8 Å². The van der Waals surface area contributed by atoms with Gasteiger partial charge in [0, 0.05) is 0 Å². The molecule has 0 atom stereocenters. The Morgan fingerprint density at radius 1 is 1.00 bits per heavy atom. The Hall–Kier alpha value is -2.73. The van der Waals surface area contributed by atoms with Crippen molar-refractivity contribution in [2.24, 2.45) is 0 Å². The van der Waals surface area contributed by atoms with Crippen molar-refractivity contribution in [2.45, 2.75) is 6.92 Å². The van der Waals surface area contributed by atoms with Crippen LogP contribution in [0.3, 0.4) is 0 Å². The summed E-state index contributed by atoms with van der Waals surface area (Å²) in [5.41, 5.74) is 0.832. The molecule has 2 aromatic carbocycles. The third-order valence-corrected chi connectivity index (χ3v) is 2.38. The second kappa shape index (κ2) is 6.27. The molecule has 94 valence electrons. The van der Waals surface area contributed by atoms with Crippen molar-refractivity contribution in [2.75, 3.05) is 0 Å². The van der Waals surface area contributed by atoms with Gasteiger partial charge in [0.25, 0.3) is 6.47 Å². The van der Waals surface area contributed by atoms with Crippen LogP contribution in [0.2, 0.25) is 0 Å². The molecule has 0 fully saturated rings. The number of benzene rings is 2. The monoisotopic (exact) mass is 252 g/mol. The van der Waals surface area contributed by atoms with Crippen molar-refractivity contribution in [3.05, 3.63) is 54.1 Å². The molecule has 2 rings (SSSR count). The van der Waals surface area contributed by atoms with E-state index in [1.54, 1.807) is 31.2 Å². The summed E-state index contributed by atoms with van der Waals surface area (Å²) in [5.74, 6) is 7.66. The molecule has 0 N–H and O–H groups in total. The van der Waals surface area contributed by atoms with Gasteiger partial charge in [-0.1, -0.05) is 18.1 Å². The number of hydrogen-bond acceptors (Lipinski definition) is 3. The average Bonchev–Trinajstić information content (AvgIpc) is 2.44. The number of carbonyl (C=O) groups excluding carboxylic acids is 1. The van der Waals surface area contributed by atoms with Crippen molar-refractivity contribution in [3.8, 4) is 29.1 Å². The van der Waals surface area contributed by atoms with Crippen LogP contribution in [-0.2, 0) is 4.79 Å². The Kier molecular flexibility index (Phi) is 4.20. The number of rotatable bonds is 4. The molecule has 19 heavy (non-hydrogen) atoms. The van der Waals surface area contributed by atoms with Gasteiger partial charge < -0.3 is 9.47 Å². The maximum absolute atomic E-state index is 10.2. The van der Waals surface area contributed by atoms with Gasteiger partial charge >= 0.3 is 0 Å². The zero-order chi connectivity index (χ0) is 13.5. The number of carbonyl (C=O) groups is 1. The fourth-order valence-corrected chi connectivity index (χ4v) is 1.56. The van der Waals surface area contributed by atoms with E-state index >= 15 is 0 Å². The zero-order valence-electron chi connectivity index (χ0n) is 10.4. The van der Waals surface area contributed by atoms with Gasteiger partial charge in [-0.15, -0.1) is 5.92 Å². The standard InChI is InChI=1S/C16H12O3/c1-2-5-13-6-3-4-7-16(13)19-15-10-8-14(9-11-15)18-12-17/h3-4,6-12H,1H3. The lowest BCUT2D eigenvalue weighted by Gasteiger charge is -2.08. The highest BCUT2D eigenvalue weighted by molar-refractivity contribution is 5.49. The van der Waals surface area contributed by atoms with Gasteiger partial charge in [0.05, 0.1) is 5.56 Å². The predicted octanol–water partition coefficient (Wildman–Crippen LogP) is 3.39. The van der Waals surface area contributed by atoms with Crippen molar-refractivity contribution in [1.82, 2.24) is 0 Å². The third-order valence-electron chi connectivity index (χ3n) is 2.38. The fourth-order valence-electron chi connectivity index (χ4n) is 1.56. The quantitative estimate of drug-likeness (QED) is 0.618. The topological polar surface area (TPSA) is 35.5 Å². The third kappa shape index (κ3) is 3.36. The smallest absolute Gasteiger partial charge is 0.298 e. The lowest BCUT2D eigenvalue weighted by Crippen LogP contribution is -1.90. The Morgan fingerprint density at radius 2 is 1.68 bits per heavy atom. The molecule has 3 nitrogen and oxygen atoms in total. The molecule has 0 heterocycles. The van der Waals surface area contributed by atoms with E-state index in [-0.39, 0.29) is 0 Å². The molecule has 0 bridgehead atoms. The minimum atomic E-state index is 0.391. The van der Waals surface area contributed by atoms with Gasteiger partial charge in [0.2, 0.25) is 0 Å². The molecule has 0 aliphatic rings. The van der Waals surface area contributed by atoms with Gasteiger partial charge in [-0.25, -0.2) is 0 Å². The van der Waals surface area contributed by atoms with E-state index < -0.39 is 0 Å². The molecule has 0 aliphatic carbocycles. The van der Waals surface area contributed by atoms with E-state index in [0.717, 1.165) is 5.56 Å². The Bertz CT molecular complexity index is 618. The van der Waals surface area contributed by atoms with Crippen LogP contribution < -0.4 is 9.47 Å². The minimum absolute atomic E-state index is 0.391. The fraction of sp³-hybridized carbons (Fsp3) is 0.0625. The summed E-state index contributed by atoms with van der Waals surface area (Å²) in [5, 5.41) is 0. The molecule has 2 aromatic rings. The van der Waals surface area contributed by atoms with Crippen molar-refractivity contribution < 1.29 is 14.3 Å². The van der Waals surface area contributed by atoms with Crippen LogP contribution in [0.5, 0.6) is 17.2 Å². The van der Waals surface area contributed by atoms with Crippen LogP contribution in [0.25, 0.3) is 0 Å². The van der Waals surface area contributed by atoms with Crippen molar-refractivity contribution in [1.29, 1.82) is 0 Å². The van der Waals surface area contributed by atoms with Gasteiger partial charge in [0.15, 0.2) is 0 Å². The van der Waals surface area contributed by atoms with Crippen molar-refractivity contribution >= 4 is 6.47 Å². The van der Waals surface area contributed by atoms with Gasteiger partial charge in [-0.05, 0) is 43.3 Å². The summed E-state index contributed by atoms with van der Waals surface area (Å²) in [6.45, 7) is 2.17. The molecule has 0 amide bonds. The first-order valence-electron chi connectivity index (χ1n) is 5.73. The largest absolute Gasteiger partial charge is 0.456 e. The van der Waals surface area contributed by atoms with E-state index in [4.69, 9.17) is 9.47 Å². The van der Waals surface area contributed by atoms with E-state index in [1.165, 1.54) is 0 Å². The van der Waals surface area contributed by atoms with E-state index in [1.807, 2.05) is 24.3 Å². The summed E-state index contributed by atoms with van der Waals surface area (Å²) >= 11 is 0. The molecule has 0 aromatic heterocycles. The highest BCUT2D eigenvalue weighted by Crippen LogP contribution is 2.26. The second-order valence-corrected chi connectivity index (χ2v) is 3.66. The second-order valence-electron chi connectivity index (χ2n) is 3.66. The molecule has 0 aliphatic heterocycles. The predicted molar refractivity (Wildman–Crippen MR) is 72.2 cm³/mol. The van der Waals surface area contributed by atoms with E-state index in [2.05, 4.69) is 11.8 Å². The molecular formula is C16H12O3. The maximum Gasteiger partial charge on any atom is 0.298 e. The van der Waals surface area contributed by atoms with Crippen molar-refractivity contribution in [3.63, 3.8) is 0 Å². The first-order valence-corrected chi connectivity index (χ1v) is 5.73. The van der Waals surface area contributed by atoms with Crippen LogP contribution in [0.4, 0.5) is 0 Å². The lowest BCUT2D eigenvalue weighted by atomic mass is 10.2. The Labute approximate surface area is 111 Å². The van der Waals surface area contributed by atoms with Crippen LogP contribution in [0.1, 0.15) is 12.5 Å². The molecule has 0 radical (unpaired) electrons. The van der Waals surface area contributed by atoms with Gasteiger partial charge in [-0.3, -0.25) is 4.79 Å². The molecule has 0 saturated carbocycles. The lowest BCUT2D eigenvalue weighted by molar-refractivity contribution is -0.120. The van der Waals surface area contributed by atoms with E-state index in [9.17, 15) is 4.79 Å². The SMILES string of the molecule is CC#Cc1ccccc1Oc1ccc(OC=O)cc1. The van der Waals surface area contributed by atoms with Gasteiger partial charge in [0.1, 0.15) is 17.2 Å². The molecule has 0 unspecified atom stereocenters. The van der Waals surface area contributed by atoms with Crippen LogP contribution in [-0.4, -0.2) is 6.47 Å². The van der Waals surface area contributed by atoms with Crippen LogP contribution in [0.15, 0.2) is 48.5 Å². The zero-order valence-corrected chi connectivity index (χ0v) is 10.4. The Balaban J connectivity index is 2.20. The maximum atomic E-state index is 10.2. The Morgan fingerprint density at radius 3 is 2.37 bits per heavy atom. The molecule has 0 saturated heterocycles. The number of para-hydroxylation sites is 1. The average molecular weight is 252 g/mol. The summed E-state index contributed by atoms with van der Waals surface area (Å²) in [6.07, 6.45) is 0. The summed E-state index contributed by atoms with van der Waals surface area (Å²) in [7, 11) is 0. The number of hydrogen-bond donors (Lipinski definition) is 0. The first kappa shape index (κ1) is 12.7. The molecule has 3 heteroatoms. The normalized spacial score (nSPS) is 9.11. The summed E-state index contributed by atoms with van der Waals surface area (Å²) < 4.78 is 10.5. The highest BCUT2D eigenvalue weighted by Gasteiger charge is 2.02. The summed E-state index contributed by atoms with van der Waals surface area (Å²) in [4.78, 5) is 10.2. The van der Waals surface area contributed by atoms with Crippen LogP contribution >= 0.6 is 0 Å². The highest BCUT2D eigenvalue weighted by atomic mass is 16.5. The molecular weight excluding hydrogens is 240 g/mol. The van der Waals surface area contributed by atoms with E-state index in [0.29, 0.717) is 23.7 Å². The number of ether oxygens (including phenoxy) is 2.